The van der Waals surface area contributed by atoms with E-state index in [4.69, 9.17) is 44.1 Å². The summed E-state index contributed by atoms with van der Waals surface area (Å²) in [6.45, 7) is 26.4. The van der Waals surface area contributed by atoms with E-state index in [1.165, 1.54) is 19.8 Å². The Hall–Kier alpha value is -9.76. The lowest BCUT2D eigenvalue weighted by Gasteiger charge is -2.16. The van der Waals surface area contributed by atoms with Crippen LogP contribution in [0.5, 0.6) is 17.2 Å². The Morgan fingerprint density at radius 2 is 1.00 bits per heavy atom. The van der Waals surface area contributed by atoms with Crippen LogP contribution in [0.1, 0.15) is 153 Å². The van der Waals surface area contributed by atoms with Crippen LogP contribution in [0.4, 0.5) is 17.1 Å². The first-order valence-corrected chi connectivity index (χ1v) is 26.4. The Balaban J connectivity index is 0.000000209. The second-order valence-corrected chi connectivity index (χ2v) is 19.0. The third-order valence-corrected chi connectivity index (χ3v) is 13.8. The first-order chi connectivity index (χ1) is 39.2. The number of phenolic OH excluding ortho intramolecular Hbond substituents is 1. The van der Waals surface area contributed by atoms with E-state index in [0.717, 1.165) is 94.5 Å². The number of aliphatic carboxylic acids is 1. The van der Waals surface area contributed by atoms with Gasteiger partial charge < -0.3 is 34.3 Å². The summed E-state index contributed by atoms with van der Waals surface area (Å²) < 4.78 is 21.7. The van der Waals surface area contributed by atoms with E-state index < -0.39 is 5.97 Å². The van der Waals surface area contributed by atoms with Crippen molar-refractivity contribution >= 4 is 35.0 Å². The summed E-state index contributed by atoms with van der Waals surface area (Å²) in [5.74, 6) is 17.0. The second-order valence-electron chi connectivity index (χ2n) is 19.0. The fraction of sp³-hybridized carbons (Fsp3) is 0.304. The average molecular weight is 1100 g/mol. The van der Waals surface area contributed by atoms with Crippen LogP contribution < -0.4 is 9.47 Å². The minimum absolute atomic E-state index is 0. The normalized spacial score (nSPS) is 15.3. The van der Waals surface area contributed by atoms with Crippen LogP contribution in [-0.4, -0.2) is 47.4 Å². The van der Waals surface area contributed by atoms with Gasteiger partial charge in [-0.05, 0) is 135 Å². The standard InChI is InChI=1S/C23H21NO3.C22H19NO3.C13H14O3.C10H9NO.CH4/c1-4-5-17(15-23(25)26-3)16-6-10-20(11-7-16)27-22-13-8-18-14-19(24-2)9-12-21(18)22;1-3-5-16(14-22(24)25)15-8-10-17(11-9-15)26-21-13-12-18-19(21)6-4-7-20(18)23-2;1-3-4-11(9-13(15)16-2)10-5-7-12(14)8-6-10;1-11-8-3-4-9-7(6-8)2-5-10(9)12;/h6-7,9-12,14,17,22H,8,13,15H2,1,3H3;4,6-11,16,21H,12-14H2,1H3,(H,24,25);5-8,11,14H,9H2,1-2H3;3-4,6,10,12H,2,5H2;1H4/t17-,22?;16-,21?;11-;;/m000../s1. The van der Waals surface area contributed by atoms with Gasteiger partial charge in [0.2, 0.25) is 0 Å². The number of fused-ring (bicyclic) bond motifs is 3. The number of carboxylic acids is 1. The maximum atomic E-state index is 11.6. The van der Waals surface area contributed by atoms with Crippen molar-refractivity contribution in [2.24, 2.45) is 0 Å². The molecule has 418 valence electrons. The molecule has 9 rings (SSSR count). The van der Waals surface area contributed by atoms with E-state index in [1.807, 2.05) is 97.1 Å². The monoisotopic (exact) mass is 1100 g/mol. The molecule has 13 nitrogen and oxygen atoms in total. The van der Waals surface area contributed by atoms with Crippen LogP contribution in [0, 0.1) is 55.2 Å². The van der Waals surface area contributed by atoms with Crippen LogP contribution >= 0.6 is 0 Å². The Kier molecular flexibility index (Phi) is 24.4. The molecular formula is C69H67N3O10. The van der Waals surface area contributed by atoms with Gasteiger partial charge in [0.25, 0.3) is 0 Å². The summed E-state index contributed by atoms with van der Waals surface area (Å²) in [6, 6.07) is 38.9. The van der Waals surface area contributed by atoms with Crippen molar-refractivity contribution in [2.75, 3.05) is 14.2 Å². The smallest absolute Gasteiger partial charge is 0.307 e. The number of rotatable bonds is 13. The molecule has 3 N–H and O–H groups in total. The molecule has 0 saturated carbocycles. The van der Waals surface area contributed by atoms with Crippen LogP contribution in [0.3, 0.4) is 0 Å². The molecule has 0 amide bonds. The number of carbonyl (C=O) groups is 3. The van der Waals surface area contributed by atoms with Crippen molar-refractivity contribution in [1.29, 1.82) is 0 Å². The molecule has 3 unspecified atom stereocenters. The highest BCUT2D eigenvalue weighted by atomic mass is 16.5. The number of hydrogen-bond donors (Lipinski definition) is 3. The number of aliphatic hydroxyl groups excluding tert-OH is 1. The van der Waals surface area contributed by atoms with Gasteiger partial charge in [0.05, 0.1) is 77.1 Å². The molecule has 13 heteroatoms. The van der Waals surface area contributed by atoms with Crippen molar-refractivity contribution < 1.29 is 48.7 Å². The van der Waals surface area contributed by atoms with Crippen molar-refractivity contribution in [3.05, 3.63) is 212 Å². The number of carboxylic acid groups (broad SMARTS) is 1. The summed E-state index contributed by atoms with van der Waals surface area (Å²) in [4.78, 5) is 44.2. The molecule has 0 aliphatic heterocycles. The lowest BCUT2D eigenvalue weighted by molar-refractivity contribution is -0.141. The van der Waals surface area contributed by atoms with Gasteiger partial charge in [0.15, 0.2) is 17.1 Å². The highest BCUT2D eigenvalue weighted by Crippen LogP contribution is 2.41. The Bertz CT molecular complexity index is 3500. The number of aromatic hydroxyl groups is 1. The lowest BCUT2D eigenvalue weighted by Crippen LogP contribution is -2.08. The number of methoxy groups -OCH3 is 2. The summed E-state index contributed by atoms with van der Waals surface area (Å²) in [5, 5.41) is 27.7. The molecule has 0 aromatic heterocycles. The molecule has 3 aliphatic carbocycles. The minimum atomic E-state index is -0.865. The molecule has 6 aromatic carbocycles. The molecule has 0 fully saturated rings. The van der Waals surface area contributed by atoms with Crippen molar-refractivity contribution in [1.82, 2.24) is 0 Å². The van der Waals surface area contributed by atoms with Gasteiger partial charge in [0, 0.05) is 0 Å². The molecule has 0 saturated heterocycles. The fourth-order valence-electron chi connectivity index (χ4n) is 9.78. The topological polar surface area (TPSA) is 162 Å². The number of ether oxygens (including phenoxy) is 4. The molecule has 0 spiro atoms. The third kappa shape index (κ3) is 17.6. The fourth-order valence-corrected chi connectivity index (χ4v) is 9.78. The molecule has 0 bridgehead atoms. The molecule has 82 heavy (non-hydrogen) atoms. The Morgan fingerprint density at radius 3 is 1.46 bits per heavy atom. The van der Waals surface area contributed by atoms with Gasteiger partial charge in [-0.1, -0.05) is 127 Å². The van der Waals surface area contributed by atoms with Crippen LogP contribution in [0.25, 0.3) is 14.5 Å². The summed E-state index contributed by atoms with van der Waals surface area (Å²) >= 11 is 0. The van der Waals surface area contributed by atoms with E-state index in [9.17, 15) is 19.5 Å². The zero-order chi connectivity index (χ0) is 58.3. The van der Waals surface area contributed by atoms with Gasteiger partial charge >= 0.3 is 17.9 Å². The Morgan fingerprint density at radius 1 is 0.561 bits per heavy atom. The second kappa shape index (κ2) is 31.7. The third-order valence-electron chi connectivity index (χ3n) is 13.8. The molecule has 0 heterocycles. The largest absolute Gasteiger partial charge is 0.508 e. The van der Waals surface area contributed by atoms with E-state index in [0.29, 0.717) is 17.1 Å². The van der Waals surface area contributed by atoms with Crippen LogP contribution in [0.15, 0.2) is 127 Å². The molecule has 6 aromatic rings. The van der Waals surface area contributed by atoms with E-state index in [2.05, 4.69) is 54.8 Å². The van der Waals surface area contributed by atoms with Gasteiger partial charge in [-0.3, -0.25) is 14.4 Å². The van der Waals surface area contributed by atoms with Crippen molar-refractivity contribution in [2.45, 2.75) is 122 Å². The van der Waals surface area contributed by atoms with E-state index in [-0.39, 0.29) is 80.4 Å². The average Bonchev–Trinajstić information content (AvgIpc) is 4.26. The number of esters is 2. The van der Waals surface area contributed by atoms with Crippen molar-refractivity contribution in [3.63, 3.8) is 0 Å². The first-order valence-electron chi connectivity index (χ1n) is 26.4. The van der Waals surface area contributed by atoms with Gasteiger partial charge in [0.1, 0.15) is 29.5 Å². The minimum Gasteiger partial charge on any atom is -0.508 e. The van der Waals surface area contributed by atoms with Crippen LogP contribution in [-0.2, 0) is 43.1 Å². The summed E-state index contributed by atoms with van der Waals surface area (Å²) in [5.41, 5.74) is 11.5. The van der Waals surface area contributed by atoms with Crippen molar-refractivity contribution in [3.8, 4) is 52.8 Å². The molecule has 6 atom stereocenters. The first kappa shape index (κ1) is 63.1. The van der Waals surface area contributed by atoms with Crippen LogP contribution in [0.2, 0.25) is 0 Å². The number of carbonyl (C=O) groups excluding carboxylic acids is 2. The number of aliphatic hydroxyl groups is 1. The van der Waals surface area contributed by atoms with Gasteiger partial charge in [-0.25, -0.2) is 14.5 Å². The zero-order valence-corrected chi connectivity index (χ0v) is 46.0. The lowest BCUT2D eigenvalue weighted by atomic mass is 9.96. The van der Waals surface area contributed by atoms with Gasteiger partial charge in [-0.15, -0.1) is 17.8 Å². The highest BCUT2D eigenvalue weighted by Gasteiger charge is 2.27. The number of aryl methyl sites for hydroxylation is 2. The molecule has 0 radical (unpaired) electrons. The SMILES string of the molecule is C.CC#C[C@@H](CC(=O)OC)c1ccc(O)cc1.[C-]#[N+]c1ccc2c(c1)CCC2O.[C-]#[N+]c1ccc2c(c1)CCC2Oc1ccc([C@@H](C#CC)CC(=O)OC)cc1.[C-]#[N+]c1cccc2c1CCC2Oc1ccc([C@@H](C#CC)CC(=O)O)cc1. The van der Waals surface area contributed by atoms with E-state index in [1.54, 1.807) is 51.1 Å². The van der Waals surface area contributed by atoms with Gasteiger partial charge in [-0.2, -0.15) is 0 Å². The maximum Gasteiger partial charge on any atom is 0.307 e. The number of phenols is 1. The quantitative estimate of drug-likeness (QED) is 0.0577. The predicted octanol–water partition coefficient (Wildman–Crippen LogP) is 14.8. The summed E-state index contributed by atoms with van der Waals surface area (Å²) in [6.07, 6.45) is 5.33. The molecule has 3 aliphatic rings. The summed E-state index contributed by atoms with van der Waals surface area (Å²) in [7, 11) is 2.74. The molecular weight excluding hydrogens is 1030 g/mol. The maximum absolute atomic E-state index is 11.6. The number of benzene rings is 6. The predicted molar refractivity (Wildman–Crippen MR) is 317 cm³/mol. The van der Waals surface area contributed by atoms with E-state index >= 15 is 0 Å². The number of nitrogens with zero attached hydrogens (tertiary/aromatic N) is 3. The zero-order valence-electron chi connectivity index (χ0n) is 46.0. The number of hydrogen-bond acceptors (Lipinski definition) is 9. The Labute approximate surface area is 482 Å². The highest BCUT2D eigenvalue weighted by molar-refractivity contribution is 5.72.